The minimum absolute atomic E-state index is 0.0164. The number of hydrogen-bond acceptors (Lipinski definition) is 6. The molecular weight excluding hydrogens is 350 g/mol. The van der Waals surface area contributed by atoms with Crippen molar-refractivity contribution in [1.82, 2.24) is 15.0 Å². The second-order valence-electron chi connectivity index (χ2n) is 7.11. The highest BCUT2D eigenvalue weighted by Gasteiger charge is 2.09. The zero-order chi connectivity index (χ0) is 19.9. The highest BCUT2D eigenvalue weighted by Crippen LogP contribution is 2.15. The molecule has 0 amide bonds. The van der Waals surface area contributed by atoms with Gasteiger partial charge in [0.25, 0.3) is 0 Å². The van der Waals surface area contributed by atoms with Crippen molar-refractivity contribution >= 4 is 11.9 Å². The standard InChI is InChI=1S/C22H27N5O/c1-15(2)28-22-26-20(23-13-18-9-5-16(3)6-10-18)25-21(27-22)24-14-19-11-7-17(4)8-12-19/h5-12,15H,13-14H2,1-4H3,(H2,23,24,25,26,27). The third kappa shape index (κ3) is 5.94. The van der Waals surface area contributed by atoms with Crippen molar-refractivity contribution in [2.45, 2.75) is 46.9 Å². The van der Waals surface area contributed by atoms with Crippen molar-refractivity contribution in [2.24, 2.45) is 0 Å². The van der Waals surface area contributed by atoms with E-state index in [0.717, 1.165) is 11.1 Å². The Balaban J connectivity index is 1.71. The third-order valence-corrected chi connectivity index (χ3v) is 4.10. The Hall–Kier alpha value is -3.15. The fraction of sp³-hybridized carbons (Fsp3) is 0.318. The Bertz CT molecular complexity index is 824. The lowest BCUT2D eigenvalue weighted by atomic mass is 10.1. The predicted octanol–water partition coefficient (Wildman–Crippen LogP) is 4.50. The Morgan fingerprint density at radius 1 is 0.714 bits per heavy atom. The van der Waals surface area contributed by atoms with Crippen LogP contribution in [-0.2, 0) is 13.1 Å². The fourth-order valence-electron chi connectivity index (χ4n) is 2.55. The van der Waals surface area contributed by atoms with Gasteiger partial charge in [0.15, 0.2) is 0 Å². The average molecular weight is 377 g/mol. The van der Waals surface area contributed by atoms with E-state index in [-0.39, 0.29) is 6.10 Å². The minimum atomic E-state index is -0.0164. The van der Waals surface area contributed by atoms with E-state index in [0.29, 0.717) is 31.0 Å². The maximum absolute atomic E-state index is 5.69. The van der Waals surface area contributed by atoms with Crippen molar-refractivity contribution in [1.29, 1.82) is 0 Å². The van der Waals surface area contributed by atoms with Gasteiger partial charge in [0.1, 0.15) is 0 Å². The van der Waals surface area contributed by atoms with Gasteiger partial charge >= 0.3 is 6.01 Å². The first kappa shape index (κ1) is 19.6. The zero-order valence-electron chi connectivity index (χ0n) is 16.9. The van der Waals surface area contributed by atoms with Crippen LogP contribution in [0.25, 0.3) is 0 Å². The molecule has 6 nitrogen and oxygen atoms in total. The van der Waals surface area contributed by atoms with Crippen LogP contribution in [0.5, 0.6) is 6.01 Å². The summed E-state index contributed by atoms with van der Waals surface area (Å²) in [6.07, 6.45) is -0.0164. The van der Waals surface area contributed by atoms with Crippen LogP contribution >= 0.6 is 0 Å². The summed E-state index contributed by atoms with van der Waals surface area (Å²) < 4.78 is 5.69. The number of anilines is 2. The molecule has 3 aromatic rings. The maximum atomic E-state index is 5.69. The summed E-state index contributed by atoms with van der Waals surface area (Å²) in [5, 5.41) is 6.52. The lowest BCUT2D eigenvalue weighted by Crippen LogP contribution is -2.14. The van der Waals surface area contributed by atoms with E-state index in [4.69, 9.17) is 4.74 Å². The fourth-order valence-corrected chi connectivity index (χ4v) is 2.55. The van der Waals surface area contributed by atoms with E-state index in [1.165, 1.54) is 11.1 Å². The molecule has 3 rings (SSSR count). The number of aromatic nitrogens is 3. The number of nitrogens with one attached hydrogen (secondary N) is 2. The van der Waals surface area contributed by atoms with E-state index in [2.05, 4.69) is 88.0 Å². The minimum Gasteiger partial charge on any atom is -0.461 e. The molecule has 2 aromatic carbocycles. The van der Waals surface area contributed by atoms with E-state index in [9.17, 15) is 0 Å². The summed E-state index contributed by atoms with van der Waals surface area (Å²) in [6, 6.07) is 17.0. The molecule has 0 fully saturated rings. The summed E-state index contributed by atoms with van der Waals surface area (Å²) in [4.78, 5) is 13.2. The van der Waals surface area contributed by atoms with Gasteiger partial charge in [-0.1, -0.05) is 59.7 Å². The van der Waals surface area contributed by atoms with Crippen molar-refractivity contribution in [3.8, 4) is 6.01 Å². The number of hydrogen-bond donors (Lipinski definition) is 2. The second kappa shape index (κ2) is 9.17. The molecule has 1 aromatic heterocycles. The molecule has 0 aliphatic heterocycles. The van der Waals surface area contributed by atoms with Gasteiger partial charge in [-0.2, -0.15) is 15.0 Å². The largest absolute Gasteiger partial charge is 0.461 e. The van der Waals surface area contributed by atoms with Gasteiger partial charge in [0.05, 0.1) is 6.10 Å². The normalized spacial score (nSPS) is 10.8. The Morgan fingerprint density at radius 2 is 1.14 bits per heavy atom. The third-order valence-electron chi connectivity index (χ3n) is 4.10. The highest BCUT2D eigenvalue weighted by molar-refractivity contribution is 5.38. The molecule has 1 heterocycles. The van der Waals surface area contributed by atoms with E-state index >= 15 is 0 Å². The summed E-state index contributed by atoms with van der Waals surface area (Å²) in [6.45, 7) is 9.30. The van der Waals surface area contributed by atoms with Crippen molar-refractivity contribution in [3.63, 3.8) is 0 Å². The van der Waals surface area contributed by atoms with Gasteiger partial charge in [-0.25, -0.2) is 0 Å². The molecule has 0 saturated carbocycles. The van der Waals surface area contributed by atoms with Crippen LogP contribution in [0.3, 0.4) is 0 Å². The van der Waals surface area contributed by atoms with Gasteiger partial charge in [-0.05, 0) is 38.8 Å². The molecule has 146 valence electrons. The second-order valence-corrected chi connectivity index (χ2v) is 7.11. The molecule has 0 radical (unpaired) electrons. The number of rotatable bonds is 8. The van der Waals surface area contributed by atoms with Crippen molar-refractivity contribution in [3.05, 3.63) is 70.8 Å². The van der Waals surface area contributed by atoms with Gasteiger partial charge < -0.3 is 15.4 Å². The lowest BCUT2D eigenvalue weighted by Gasteiger charge is -2.12. The van der Waals surface area contributed by atoms with Gasteiger partial charge in [-0.15, -0.1) is 0 Å². The Labute approximate surface area is 166 Å². The Kier molecular flexibility index (Phi) is 6.42. The van der Waals surface area contributed by atoms with Crippen LogP contribution in [0.15, 0.2) is 48.5 Å². The average Bonchev–Trinajstić information content (AvgIpc) is 2.66. The van der Waals surface area contributed by atoms with Gasteiger partial charge in [-0.3, -0.25) is 0 Å². The zero-order valence-corrected chi connectivity index (χ0v) is 16.9. The summed E-state index contributed by atoms with van der Waals surface area (Å²) in [7, 11) is 0. The van der Waals surface area contributed by atoms with Crippen molar-refractivity contribution in [2.75, 3.05) is 10.6 Å². The van der Waals surface area contributed by atoms with Crippen molar-refractivity contribution < 1.29 is 4.74 Å². The molecule has 0 aliphatic carbocycles. The monoisotopic (exact) mass is 377 g/mol. The Morgan fingerprint density at radius 3 is 1.54 bits per heavy atom. The summed E-state index contributed by atoms with van der Waals surface area (Å²) >= 11 is 0. The molecular formula is C22H27N5O. The first-order valence-electron chi connectivity index (χ1n) is 9.49. The van der Waals surface area contributed by atoms with E-state index in [1.54, 1.807) is 0 Å². The molecule has 0 atom stereocenters. The molecule has 0 aliphatic rings. The SMILES string of the molecule is Cc1ccc(CNc2nc(NCc3ccc(C)cc3)nc(OC(C)C)n2)cc1. The highest BCUT2D eigenvalue weighted by atomic mass is 16.5. The number of benzene rings is 2. The van der Waals surface area contributed by atoms with Gasteiger partial charge in [0, 0.05) is 13.1 Å². The molecule has 28 heavy (non-hydrogen) atoms. The molecule has 0 bridgehead atoms. The summed E-state index contributed by atoms with van der Waals surface area (Å²) in [5.74, 6) is 0.968. The topological polar surface area (TPSA) is 72.0 Å². The molecule has 0 unspecified atom stereocenters. The molecule has 0 spiro atoms. The molecule has 2 N–H and O–H groups in total. The first-order valence-corrected chi connectivity index (χ1v) is 9.49. The van der Waals surface area contributed by atoms with E-state index < -0.39 is 0 Å². The summed E-state index contributed by atoms with van der Waals surface area (Å²) in [5.41, 5.74) is 4.79. The number of nitrogens with zero attached hydrogens (tertiary/aromatic N) is 3. The van der Waals surface area contributed by atoms with Crippen LogP contribution in [0.1, 0.15) is 36.1 Å². The lowest BCUT2D eigenvalue weighted by molar-refractivity contribution is 0.222. The van der Waals surface area contributed by atoms with Crippen LogP contribution in [0.2, 0.25) is 0 Å². The maximum Gasteiger partial charge on any atom is 0.323 e. The first-order chi connectivity index (χ1) is 13.5. The number of aryl methyl sites for hydroxylation is 2. The quantitative estimate of drug-likeness (QED) is 0.602. The van der Waals surface area contributed by atoms with Crippen LogP contribution in [-0.4, -0.2) is 21.1 Å². The van der Waals surface area contributed by atoms with E-state index in [1.807, 2.05) is 13.8 Å². The van der Waals surface area contributed by atoms with Crippen LogP contribution < -0.4 is 15.4 Å². The predicted molar refractivity (Wildman–Crippen MR) is 113 cm³/mol. The smallest absolute Gasteiger partial charge is 0.323 e. The van der Waals surface area contributed by atoms with Gasteiger partial charge in [0.2, 0.25) is 11.9 Å². The molecule has 0 saturated heterocycles. The van der Waals surface area contributed by atoms with Crippen LogP contribution in [0.4, 0.5) is 11.9 Å². The molecule has 6 heteroatoms. The van der Waals surface area contributed by atoms with Crippen LogP contribution in [0, 0.1) is 13.8 Å². The number of ether oxygens (including phenoxy) is 1.